The molecule has 0 saturated carbocycles. The van der Waals surface area contributed by atoms with Crippen LogP contribution < -0.4 is 10.5 Å². The second kappa shape index (κ2) is 5.51. The van der Waals surface area contributed by atoms with E-state index >= 15 is 0 Å². The maximum Gasteiger partial charge on any atom is 0.244 e. The Morgan fingerprint density at radius 3 is 2.75 bits per heavy atom. The van der Waals surface area contributed by atoms with Crippen LogP contribution in [0.25, 0.3) is 0 Å². The first-order valence-electron chi connectivity index (χ1n) is 5.63. The predicted octanol–water partition coefficient (Wildman–Crippen LogP) is 1.51. The summed E-state index contributed by atoms with van der Waals surface area (Å²) in [5, 5.41) is 0. The summed E-state index contributed by atoms with van der Waals surface area (Å²) in [6.45, 7) is 3.49. The summed E-state index contributed by atoms with van der Waals surface area (Å²) >= 11 is 3.16. The number of hydrogen-bond donors (Lipinski definition) is 2. The van der Waals surface area contributed by atoms with Crippen LogP contribution in [0.1, 0.15) is 17.3 Å². The number of sulfonamides is 1. The van der Waals surface area contributed by atoms with Gasteiger partial charge in [-0.05, 0) is 35.8 Å². The van der Waals surface area contributed by atoms with Crippen molar-refractivity contribution >= 4 is 31.8 Å². The zero-order valence-corrected chi connectivity index (χ0v) is 13.2. The molecule has 0 amide bonds. The molecule has 0 unspecified atom stereocenters. The van der Waals surface area contributed by atoms with E-state index in [0.717, 1.165) is 5.69 Å². The van der Waals surface area contributed by atoms with Crippen molar-refractivity contribution in [2.45, 2.75) is 25.3 Å². The summed E-state index contributed by atoms with van der Waals surface area (Å²) < 4.78 is 32.5. The molecule has 2 aromatic rings. The van der Waals surface area contributed by atoms with Crippen molar-refractivity contribution in [3.63, 3.8) is 0 Å². The van der Waals surface area contributed by atoms with Gasteiger partial charge in [-0.2, -0.15) is 0 Å². The fourth-order valence-corrected chi connectivity index (χ4v) is 3.06. The highest BCUT2D eigenvalue weighted by molar-refractivity contribution is 9.10. The van der Waals surface area contributed by atoms with Gasteiger partial charge in [0, 0.05) is 10.7 Å². The molecule has 0 radical (unpaired) electrons. The van der Waals surface area contributed by atoms with Gasteiger partial charge in [-0.25, -0.2) is 23.1 Å². The number of nitrogen functional groups attached to an aromatic ring is 1. The Morgan fingerprint density at radius 1 is 1.45 bits per heavy atom. The molecule has 3 N–H and O–H groups in total. The highest BCUT2D eigenvalue weighted by Gasteiger charge is 2.19. The molecule has 9 heteroatoms. The first kappa shape index (κ1) is 14.9. The minimum Gasteiger partial charge on any atom is -0.444 e. The van der Waals surface area contributed by atoms with Gasteiger partial charge in [0.1, 0.15) is 16.5 Å². The number of pyridine rings is 1. The van der Waals surface area contributed by atoms with Crippen molar-refractivity contribution in [2.75, 3.05) is 5.73 Å². The number of anilines is 1. The molecule has 0 aliphatic carbocycles. The number of hydrogen-bond acceptors (Lipinski definition) is 6. The van der Waals surface area contributed by atoms with Gasteiger partial charge in [-0.3, -0.25) is 0 Å². The molecule has 2 heterocycles. The smallest absolute Gasteiger partial charge is 0.244 e. The van der Waals surface area contributed by atoms with E-state index in [-0.39, 0.29) is 17.3 Å². The van der Waals surface area contributed by atoms with Gasteiger partial charge in [0.05, 0.1) is 12.2 Å². The number of nitrogens with zero attached hydrogens (tertiary/aromatic N) is 2. The lowest BCUT2D eigenvalue weighted by Crippen LogP contribution is -2.24. The molecule has 108 valence electrons. The minimum absolute atomic E-state index is 0.0526. The Balaban J connectivity index is 2.21. The largest absolute Gasteiger partial charge is 0.444 e. The third-order valence-corrected chi connectivity index (χ3v) is 4.49. The Labute approximate surface area is 124 Å². The number of halogens is 1. The fraction of sp³-hybridized carbons (Fsp3) is 0.273. The van der Waals surface area contributed by atoms with Crippen molar-refractivity contribution in [1.82, 2.24) is 14.7 Å². The highest BCUT2D eigenvalue weighted by Crippen LogP contribution is 2.20. The quantitative estimate of drug-likeness (QED) is 0.854. The van der Waals surface area contributed by atoms with Gasteiger partial charge in [0.25, 0.3) is 0 Å². The molecule has 0 bridgehead atoms. The van der Waals surface area contributed by atoms with E-state index in [2.05, 4.69) is 30.6 Å². The summed E-state index contributed by atoms with van der Waals surface area (Å²) in [5.41, 5.74) is 6.31. The Morgan fingerprint density at radius 2 is 2.15 bits per heavy atom. The summed E-state index contributed by atoms with van der Waals surface area (Å²) in [6, 6.07) is 1.39. The van der Waals surface area contributed by atoms with Gasteiger partial charge >= 0.3 is 0 Å². The molecule has 7 nitrogen and oxygen atoms in total. The SMILES string of the molecule is Cc1nc(CNS(=O)(=O)c2cc(Br)cnc2N)oc1C. The molecule has 0 saturated heterocycles. The predicted molar refractivity (Wildman–Crippen MR) is 76.4 cm³/mol. The third-order valence-electron chi connectivity index (χ3n) is 2.62. The lowest BCUT2D eigenvalue weighted by Gasteiger charge is -2.07. The molecule has 0 spiro atoms. The second-order valence-corrected chi connectivity index (χ2v) is 6.76. The van der Waals surface area contributed by atoms with E-state index in [1.165, 1.54) is 12.3 Å². The van der Waals surface area contributed by atoms with Crippen molar-refractivity contribution < 1.29 is 12.8 Å². The second-order valence-electron chi connectivity index (χ2n) is 4.11. The number of aryl methyl sites for hydroxylation is 2. The monoisotopic (exact) mass is 360 g/mol. The van der Waals surface area contributed by atoms with E-state index in [0.29, 0.717) is 16.1 Å². The van der Waals surface area contributed by atoms with Crippen molar-refractivity contribution in [2.24, 2.45) is 0 Å². The number of aromatic nitrogens is 2. The van der Waals surface area contributed by atoms with Crippen LogP contribution in [-0.2, 0) is 16.6 Å². The molecular formula is C11H13BrN4O3S. The molecule has 2 rings (SSSR count). The third kappa shape index (κ3) is 3.17. The maximum absolute atomic E-state index is 12.1. The van der Waals surface area contributed by atoms with Gasteiger partial charge in [0.2, 0.25) is 15.9 Å². The number of nitrogens with two attached hydrogens (primary N) is 1. The van der Waals surface area contributed by atoms with E-state index in [1.807, 2.05) is 0 Å². The Hall–Kier alpha value is -1.45. The van der Waals surface area contributed by atoms with E-state index in [1.54, 1.807) is 13.8 Å². The molecule has 0 fully saturated rings. The normalized spacial score (nSPS) is 11.8. The van der Waals surface area contributed by atoms with Crippen LogP contribution in [0.15, 0.2) is 26.0 Å². The van der Waals surface area contributed by atoms with Crippen molar-refractivity contribution in [3.05, 3.63) is 34.1 Å². The number of rotatable bonds is 4. The van der Waals surface area contributed by atoms with Gasteiger partial charge in [-0.1, -0.05) is 0 Å². The topological polar surface area (TPSA) is 111 Å². The van der Waals surface area contributed by atoms with Crippen molar-refractivity contribution in [3.8, 4) is 0 Å². The average molecular weight is 361 g/mol. The lowest BCUT2D eigenvalue weighted by molar-refractivity contribution is 0.463. The van der Waals surface area contributed by atoms with Gasteiger partial charge in [-0.15, -0.1) is 0 Å². The first-order valence-corrected chi connectivity index (χ1v) is 7.91. The van der Waals surface area contributed by atoms with Crippen LogP contribution in [0.3, 0.4) is 0 Å². The maximum atomic E-state index is 12.1. The fourth-order valence-electron chi connectivity index (χ4n) is 1.50. The minimum atomic E-state index is -3.78. The summed E-state index contributed by atoms with van der Waals surface area (Å²) in [6.07, 6.45) is 1.43. The molecule has 2 aromatic heterocycles. The highest BCUT2D eigenvalue weighted by atomic mass is 79.9. The van der Waals surface area contributed by atoms with Crippen molar-refractivity contribution in [1.29, 1.82) is 0 Å². The summed E-state index contributed by atoms with van der Waals surface area (Å²) in [5.74, 6) is 0.883. The zero-order chi connectivity index (χ0) is 14.9. The molecule has 0 aliphatic rings. The van der Waals surface area contributed by atoms with Gasteiger partial charge in [0.15, 0.2) is 0 Å². The molecule has 0 aromatic carbocycles. The first-order chi connectivity index (χ1) is 9.29. The van der Waals surface area contributed by atoms with Crippen LogP contribution in [-0.4, -0.2) is 18.4 Å². The Kier molecular flexibility index (Phi) is 4.11. The molecular weight excluding hydrogens is 348 g/mol. The molecule has 0 aliphatic heterocycles. The van der Waals surface area contributed by atoms with E-state index < -0.39 is 10.0 Å². The number of oxazole rings is 1. The van der Waals surface area contributed by atoms with E-state index in [9.17, 15) is 8.42 Å². The van der Waals surface area contributed by atoms with Crippen LogP contribution in [0.2, 0.25) is 0 Å². The summed E-state index contributed by atoms with van der Waals surface area (Å²) in [7, 11) is -3.78. The lowest BCUT2D eigenvalue weighted by atomic mass is 10.4. The van der Waals surface area contributed by atoms with Crippen LogP contribution in [0, 0.1) is 13.8 Å². The number of nitrogens with one attached hydrogen (secondary N) is 1. The van der Waals surface area contributed by atoms with Gasteiger partial charge < -0.3 is 10.2 Å². The standard InChI is InChI=1S/C11H13BrN4O3S/c1-6-7(2)19-10(16-6)5-15-20(17,18)9-3-8(12)4-14-11(9)13/h3-4,15H,5H2,1-2H3,(H2,13,14). The van der Waals surface area contributed by atoms with Crippen LogP contribution >= 0.6 is 15.9 Å². The van der Waals surface area contributed by atoms with E-state index in [4.69, 9.17) is 10.2 Å². The Bertz CT molecular complexity index is 723. The molecule has 0 atom stereocenters. The van der Waals surface area contributed by atoms with Crippen LogP contribution in [0.4, 0.5) is 5.82 Å². The average Bonchev–Trinajstić information content (AvgIpc) is 2.69. The van der Waals surface area contributed by atoms with Crippen LogP contribution in [0.5, 0.6) is 0 Å². The zero-order valence-electron chi connectivity index (χ0n) is 10.8. The molecule has 20 heavy (non-hydrogen) atoms. The summed E-state index contributed by atoms with van der Waals surface area (Å²) in [4.78, 5) is 7.80.